The molecule has 0 aromatic carbocycles. The SMILES string of the molecule is Cc1noc(C)c1CN(C)S(=O)(=O)N(C)C1CCCCC1. The summed E-state index contributed by atoms with van der Waals surface area (Å²) >= 11 is 0. The van der Waals surface area contributed by atoms with Crippen LogP contribution in [-0.2, 0) is 16.8 Å². The zero-order valence-corrected chi connectivity index (χ0v) is 14.1. The lowest BCUT2D eigenvalue weighted by atomic mass is 9.96. The van der Waals surface area contributed by atoms with Gasteiger partial charge in [-0.1, -0.05) is 24.4 Å². The second-order valence-electron chi connectivity index (χ2n) is 5.87. The summed E-state index contributed by atoms with van der Waals surface area (Å²) in [7, 11) is -0.150. The Bertz CT molecular complexity index is 557. The van der Waals surface area contributed by atoms with Gasteiger partial charge in [0, 0.05) is 32.2 Å². The highest BCUT2D eigenvalue weighted by molar-refractivity contribution is 7.86. The smallest absolute Gasteiger partial charge is 0.282 e. The van der Waals surface area contributed by atoms with Crippen molar-refractivity contribution in [3.63, 3.8) is 0 Å². The molecule has 2 rings (SSSR count). The van der Waals surface area contributed by atoms with Gasteiger partial charge < -0.3 is 4.52 Å². The monoisotopic (exact) mass is 315 g/mol. The summed E-state index contributed by atoms with van der Waals surface area (Å²) < 4.78 is 33.4. The zero-order valence-electron chi connectivity index (χ0n) is 13.3. The first-order valence-electron chi connectivity index (χ1n) is 7.45. The third kappa shape index (κ3) is 3.46. The van der Waals surface area contributed by atoms with E-state index in [9.17, 15) is 8.42 Å². The molecule has 0 spiro atoms. The van der Waals surface area contributed by atoms with Crippen LogP contribution in [0.1, 0.15) is 49.1 Å². The van der Waals surface area contributed by atoms with E-state index < -0.39 is 10.2 Å². The van der Waals surface area contributed by atoms with Gasteiger partial charge in [-0.15, -0.1) is 0 Å². The molecule has 0 bridgehead atoms. The maximum absolute atomic E-state index is 12.7. The summed E-state index contributed by atoms with van der Waals surface area (Å²) in [5.41, 5.74) is 1.59. The minimum Gasteiger partial charge on any atom is -0.361 e. The van der Waals surface area contributed by atoms with Crippen molar-refractivity contribution >= 4 is 10.2 Å². The third-order valence-corrected chi connectivity index (χ3v) is 6.35. The Kier molecular flexibility index (Phi) is 5.06. The molecular formula is C14H25N3O3S. The molecule has 1 aromatic heterocycles. The molecule has 1 saturated carbocycles. The van der Waals surface area contributed by atoms with Gasteiger partial charge in [0.25, 0.3) is 10.2 Å². The number of aryl methyl sites for hydroxylation is 2. The molecule has 0 radical (unpaired) electrons. The molecule has 7 heteroatoms. The topological polar surface area (TPSA) is 66.7 Å². The van der Waals surface area contributed by atoms with Crippen molar-refractivity contribution in [2.24, 2.45) is 0 Å². The largest absolute Gasteiger partial charge is 0.361 e. The number of hydrogen-bond acceptors (Lipinski definition) is 4. The summed E-state index contributed by atoms with van der Waals surface area (Å²) in [5, 5.41) is 3.88. The van der Waals surface area contributed by atoms with Crippen LogP contribution < -0.4 is 0 Å². The van der Waals surface area contributed by atoms with E-state index >= 15 is 0 Å². The first-order chi connectivity index (χ1) is 9.84. The summed E-state index contributed by atoms with van der Waals surface area (Å²) in [6.07, 6.45) is 5.33. The van der Waals surface area contributed by atoms with Gasteiger partial charge in [-0.3, -0.25) is 0 Å². The Morgan fingerprint density at radius 3 is 2.33 bits per heavy atom. The van der Waals surface area contributed by atoms with Crippen molar-refractivity contribution in [3.8, 4) is 0 Å². The summed E-state index contributed by atoms with van der Waals surface area (Å²) in [5.74, 6) is 0.676. The Balaban J connectivity index is 2.11. The molecule has 0 amide bonds. The Morgan fingerprint density at radius 2 is 1.81 bits per heavy atom. The maximum atomic E-state index is 12.7. The molecular weight excluding hydrogens is 290 g/mol. The molecule has 120 valence electrons. The van der Waals surface area contributed by atoms with E-state index in [1.165, 1.54) is 15.0 Å². The predicted octanol–water partition coefficient (Wildman–Crippen LogP) is 2.23. The van der Waals surface area contributed by atoms with Crippen molar-refractivity contribution in [1.82, 2.24) is 13.8 Å². The Morgan fingerprint density at radius 1 is 1.19 bits per heavy atom. The van der Waals surface area contributed by atoms with Crippen LogP contribution in [0.25, 0.3) is 0 Å². The van der Waals surface area contributed by atoms with Crippen molar-refractivity contribution in [3.05, 3.63) is 17.0 Å². The van der Waals surface area contributed by atoms with Gasteiger partial charge in [-0.05, 0) is 26.7 Å². The number of aromatic nitrogens is 1. The second-order valence-corrected chi connectivity index (χ2v) is 7.97. The number of nitrogens with zero attached hydrogens (tertiary/aromatic N) is 3. The van der Waals surface area contributed by atoms with Crippen molar-refractivity contribution in [2.45, 2.75) is 58.5 Å². The lowest BCUT2D eigenvalue weighted by Gasteiger charge is -2.33. The molecule has 0 atom stereocenters. The van der Waals surface area contributed by atoms with Crippen LogP contribution in [0.4, 0.5) is 0 Å². The van der Waals surface area contributed by atoms with Gasteiger partial charge >= 0.3 is 0 Å². The van der Waals surface area contributed by atoms with E-state index in [1.54, 1.807) is 21.0 Å². The molecule has 21 heavy (non-hydrogen) atoms. The van der Waals surface area contributed by atoms with Crippen LogP contribution in [0.3, 0.4) is 0 Å². The lowest BCUT2D eigenvalue weighted by Crippen LogP contribution is -2.45. The lowest BCUT2D eigenvalue weighted by molar-refractivity contribution is 0.267. The molecule has 1 fully saturated rings. The van der Waals surface area contributed by atoms with Crippen molar-refractivity contribution in [1.29, 1.82) is 0 Å². The Labute approximate surface area is 127 Å². The number of rotatable bonds is 5. The van der Waals surface area contributed by atoms with E-state index in [-0.39, 0.29) is 6.04 Å². The van der Waals surface area contributed by atoms with Crippen LogP contribution >= 0.6 is 0 Å². The molecule has 0 unspecified atom stereocenters. The first-order valence-corrected chi connectivity index (χ1v) is 8.84. The number of hydrogen-bond donors (Lipinski definition) is 0. The third-order valence-electron chi connectivity index (χ3n) is 4.41. The van der Waals surface area contributed by atoms with Gasteiger partial charge in [0.1, 0.15) is 5.76 Å². The quantitative estimate of drug-likeness (QED) is 0.835. The molecule has 0 N–H and O–H groups in total. The van der Waals surface area contributed by atoms with Gasteiger partial charge in [0.05, 0.1) is 5.69 Å². The minimum absolute atomic E-state index is 0.121. The van der Waals surface area contributed by atoms with Crippen LogP contribution in [0.15, 0.2) is 4.52 Å². The standard InChI is InChI=1S/C14H25N3O3S/c1-11-14(12(2)20-15-11)10-16(3)21(18,19)17(4)13-8-6-5-7-9-13/h13H,5-10H2,1-4H3. The highest BCUT2D eigenvalue weighted by Gasteiger charge is 2.31. The van der Waals surface area contributed by atoms with E-state index in [0.29, 0.717) is 12.3 Å². The van der Waals surface area contributed by atoms with Crippen LogP contribution in [0.5, 0.6) is 0 Å². The van der Waals surface area contributed by atoms with E-state index in [0.717, 1.165) is 36.9 Å². The fourth-order valence-electron chi connectivity index (χ4n) is 2.88. The van der Waals surface area contributed by atoms with Gasteiger partial charge in [0.15, 0.2) is 0 Å². The molecule has 6 nitrogen and oxygen atoms in total. The normalized spacial score (nSPS) is 17.8. The van der Waals surface area contributed by atoms with Gasteiger partial charge in [-0.25, -0.2) is 0 Å². The Hall–Kier alpha value is -0.920. The molecule has 1 aliphatic carbocycles. The molecule has 0 saturated heterocycles. The summed E-state index contributed by atoms with van der Waals surface area (Å²) in [6, 6.07) is 0.121. The van der Waals surface area contributed by atoms with E-state index in [2.05, 4.69) is 5.16 Å². The highest BCUT2D eigenvalue weighted by Crippen LogP contribution is 2.25. The fourth-order valence-corrected chi connectivity index (χ4v) is 4.20. The molecule has 1 heterocycles. The van der Waals surface area contributed by atoms with Crippen LogP contribution in [-0.4, -0.2) is 42.3 Å². The van der Waals surface area contributed by atoms with Gasteiger partial charge in [0.2, 0.25) is 0 Å². The highest BCUT2D eigenvalue weighted by atomic mass is 32.2. The zero-order chi connectivity index (χ0) is 15.6. The van der Waals surface area contributed by atoms with Crippen LogP contribution in [0.2, 0.25) is 0 Å². The second kappa shape index (κ2) is 6.46. The van der Waals surface area contributed by atoms with Gasteiger partial charge in [-0.2, -0.15) is 17.0 Å². The van der Waals surface area contributed by atoms with Crippen molar-refractivity contribution < 1.29 is 12.9 Å². The summed E-state index contributed by atoms with van der Waals surface area (Å²) in [6.45, 7) is 3.93. The predicted molar refractivity (Wildman–Crippen MR) is 81.0 cm³/mol. The first kappa shape index (κ1) is 16.5. The molecule has 1 aromatic rings. The fraction of sp³-hybridized carbons (Fsp3) is 0.786. The van der Waals surface area contributed by atoms with E-state index in [4.69, 9.17) is 4.52 Å². The average Bonchev–Trinajstić information content (AvgIpc) is 2.79. The summed E-state index contributed by atoms with van der Waals surface area (Å²) in [4.78, 5) is 0. The van der Waals surface area contributed by atoms with E-state index in [1.807, 2.05) is 6.92 Å². The van der Waals surface area contributed by atoms with Crippen molar-refractivity contribution in [2.75, 3.05) is 14.1 Å². The molecule has 1 aliphatic rings. The van der Waals surface area contributed by atoms with Crippen LogP contribution in [0, 0.1) is 13.8 Å². The minimum atomic E-state index is -3.45. The average molecular weight is 315 g/mol. The maximum Gasteiger partial charge on any atom is 0.282 e. The molecule has 0 aliphatic heterocycles.